The van der Waals surface area contributed by atoms with Gasteiger partial charge in [0.1, 0.15) is 0 Å². The Kier molecular flexibility index (Phi) is 5.52. The maximum atomic E-state index is 4.18. The first-order valence-electron chi connectivity index (χ1n) is 4.52. The quantitative estimate of drug-likeness (QED) is 0.714. The van der Waals surface area contributed by atoms with Crippen LogP contribution in [0.15, 0.2) is 13.2 Å². The average molecular weight is 179 g/mol. The van der Waals surface area contributed by atoms with Crippen LogP contribution in [0.2, 0.25) is 0 Å². The van der Waals surface area contributed by atoms with Gasteiger partial charge in [-0.05, 0) is 6.08 Å². The van der Waals surface area contributed by atoms with Crippen molar-refractivity contribution < 1.29 is 0 Å². The summed E-state index contributed by atoms with van der Waals surface area (Å²) < 4.78 is 1.62. The molecule has 0 aliphatic rings. The summed E-state index contributed by atoms with van der Waals surface area (Å²) in [6.07, 6.45) is 4.11. The van der Waals surface area contributed by atoms with Crippen molar-refractivity contribution in [2.75, 3.05) is 0 Å². The van der Waals surface area contributed by atoms with Crippen molar-refractivity contribution in [1.82, 2.24) is 14.8 Å². The molecule has 13 heavy (non-hydrogen) atoms. The van der Waals surface area contributed by atoms with Crippen LogP contribution >= 0.6 is 0 Å². The van der Waals surface area contributed by atoms with E-state index in [0.717, 1.165) is 18.1 Å². The van der Waals surface area contributed by atoms with Gasteiger partial charge in [-0.1, -0.05) is 33.9 Å². The van der Waals surface area contributed by atoms with Gasteiger partial charge in [0.2, 0.25) is 0 Å². The summed E-state index contributed by atoms with van der Waals surface area (Å²) in [6, 6.07) is 0. The van der Waals surface area contributed by atoms with E-state index in [4.69, 9.17) is 0 Å². The molecule has 0 atom stereocenters. The zero-order chi connectivity index (χ0) is 10.3. The fourth-order valence-electron chi connectivity index (χ4n) is 0.805. The SMILES string of the molecule is C=Cc1nc(CC)nn1C=C.CC. The smallest absolute Gasteiger partial charge is 0.154 e. The molecule has 1 rings (SSSR count). The van der Waals surface area contributed by atoms with E-state index in [-0.39, 0.29) is 0 Å². The van der Waals surface area contributed by atoms with E-state index in [1.54, 1.807) is 17.0 Å². The van der Waals surface area contributed by atoms with Gasteiger partial charge in [0.15, 0.2) is 11.6 Å². The second-order valence-corrected chi connectivity index (χ2v) is 2.07. The minimum absolute atomic E-state index is 0.747. The summed E-state index contributed by atoms with van der Waals surface area (Å²) in [5.74, 6) is 1.57. The molecule has 0 unspecified atom stereocenters. The molecule has 1 aromatic rings. The van der Waals surface area contributed by atoms with E-state index in [1.165, 1.54) is 0 Å². The first kappa shape index (κ1) is 11.6. The van der Waals surface area contributed by atoms with Gasteiger partial charge < -0.3 is 0 Å². The Bertz CT molecular complexity index is 248. The third kappa shape index (κ3) is 2.86. The van der Waals surface area contributed by atoms with Crippen LogP contribution in [0.1, 0.15) is 32.4 Å². The Morgan fingerprint density at radius 3 is 2.31 bits per heavy atom. The van der Waals surface area contributed by atoms with Gasteiger partial charge in [-0.2, -0.15) is 5.10 Å². The minimum Gasteiger partial charge on any atom is -0.222 e. The first-order chi connectivity index (χ1) is 6.31. The summed E-state index contributed by atoms with van der Waals surface area (Å²) in [4.78, 5) is 4.18. The third-order valence-electron chi connectivity index (χ3n) is 1.37. The Morgan fingerprint density at radius 1 is 1.38 bits per heavy atom. The molecule has 0 saturated carbocycles. The van der Waals surface area contributed by atoms with E-state index in [1.807, 2.05) is 20.8 Å². The Balaban J connectivity index is 0.000000671. The molecule has 0 saturated heterocycles. The number of rotatable bonds is 3. The van der Waals surface area contributed by atoms with Gasteiger partial charge >= 0.3 is 0 Å². The molecule has 0 fully saturated rings. The van der Waals surface area contributed by atoms with Gasteiger partial charge in [-0.15, -0.1) is 0 Å². The fourth-order valence-corrected chi connectivity index (χ4v) is 0.805. The van der Waals surface area contributed by atoms with Gasteiger partial charge in [0.05, 0.1) is 0 Å². The summed E-state index contributed by atoms with van der Waals surface area (Å²) in [6.45, 7) is 13.2. The molecule has 0 radical (unpaired) electrons. The number of nitrogens with zero attached hydrogens (tertiary/aromatic N) is 3. The van der Waals surface area contributed by atoms with Gasteiger partial charge in [-0.25, -0.2) is 9.67 Å². The van der Waals surface area contributed by atoms with Crippen LogP contribution in [0.25, 0.3) is 12.3 Å². The van der Waals surface area contributed by atoms with Crippen LogP contribution in [0.3, 0.4) is 0 Å². The van der Waals surface area contributed by atoms with E-state index in [9.17, 15) is 0 Å². The Labute approximate surface area is 79.8 Å². The molecule has 0 spiro atoms. The van der Waals surface area contributed by atoms with E-state index in [2.05, 4.69) is 23.2 Å². The van der Waals surface area contributed by atoms with Crippen molar-refractivity contribution in [2.45, 2.75) is 27.2 Å². The molecule has 0 bridgehead atoms. The fraction of sp³-hybridized carbons (Fsp3) is 0.400. The molecule has 0 amide bonds. The summed E-state index contributed by atoms with van der Waals surface area (Å²) in [5.41, 5.74) is 0. The minimum atomic E-state index is 0.747. The van der Waals surface area contributed by atoms with Gasteiger partial charge in [-0.3, -0.25) is 0 Å². The lowest BCUT2D eigenvalue weighted by Crippen LogP contribution is -1.91. The molecule has 1 heterocycles. The zero-order valence-electron chi connectivity index (χ0n) is 8.62. The number of hydrogen-bond donors (Lipinski definition) is 0. The summed E-state index contributed by atoms with van der Waals surface area (Å²) >= 11 is 0. The Morgan fingerprint density at radius 2 is 2.00 bits per heavy atom. The molecular weight excluding hydrogens is 162 g/mol. The molecule has 0 N–H and O–H groups in total. The predicted octanol–water partition coefficient (Wildman–Crippen LogP) is 2.61. The van der Waals surface area contributed by atoms with Crippen molar-refractivity contribution in [1.29, 1.82) is 0 Å². The molecule has 3 nitrogen and oxygen atoms in total. The van der Waals surface area contributed by atoms with Crippen LogP contribution in [-0.4, -0.2) is 14.8 Å². The average Bonchev–Trinajstić information content (AvgIpc) is 2.63. The van der Waals surface area contributed by atoms with Crippen LogP contribution in [-0.2, 0) is 6.42 Å². The second kappa shape index (κ2) is 6.17. The second-order valence-electron chi connectivity index (χ2n) is 2.07. The van der Waals surface area contributed by atoms with Gasteiger partial charge in [0, 0.05) is 12.6 Å². The van der Waals surface area contributed by atoms with Crippen LogP contribution in [0, 0.1) is 0 Å². The molecular formula is C10H17N3. The largest absolute Gasteiger partial charge is 0.222 e. The highest BCUT2D eigenvalue weighted by molar-refractivity contribution is 5.40. The maximum Gasteiger partial charge on any atom is 0.154 e. The van der Waals surface area contributed by atoms with E-state index in [0.29, 0.717) is 0 Å². The molecule has 72 valence electrons. The highest BCUT2D eigenvalue weighted by Gasteiger charge is 2.00. The number of aryl methyl sites for hydroxylation is 1. The van der Waals surface area contributed by atoms with Crippen molar-refractivity contribution in [3.8, 4) is 0 Å². The number of hydrogen-bond acceptors (Lipinski definition) is 2. The lowest BCUT2D eigenvalue weighted by Gasteiger charge is -1.89. The number of aromatic nitrogens is 3. The molecule has 0 aliphatic heterocycles. The van der Waals surface area contributed by atoms with Crippen molar-refractivity contribution >= 4 is 12.3 Å². The highest BCUT2D eigenvalue weighted by Crippen LogP contribution is 2.00. The van der Waals surface area contributed by atoms with E-state index >= 15 is 0 Å². The summed E-state index contributed by atoms with van der Waals surface area (Å²) in [7, 11) is 0. The summed E-state index contributed by atoms with van der Waals surface area (Å²) in [5, 5.41) is 4.13. The lowest BCUT2D eigenvalue weighted by atomic mass is 10.5. The predicted molar refractivity (Wildman–Crippen MR) is 57.2 cm³/mol. The normalized spacial score (nSPS) is 8.54. The zero-order valence-corrected chi connectivity index (χ0v) is 8.62. The first-order valence-corrected chi connectivity index (χ1v) is 4.52. The topological polar surface area (TPSA) is 30.7 Å². The standard InChI is InChI=1S/C8H11N3.C2H6/c1-4-7-9-8(5-2)11(6-3)10-7;1-2/h5-6H,2-4H2,1H3;1-2H3. The lowest BCUT2D eigenvalue weighted by molar-refractivity contribution is 0.874. The highest BCUT2D eigenvalue weighted by atomic mass is 15.3. The monoisotopic (exact) mass is 179 g/mol. The van der Waals surface area contributed by atoms with Gasteiger partial charge in [0.25, 0.3) is 0 Å². The molecule has 3 heteroatoms. The maximum absolute atomic E-state index is 4.18. The van der Waals surface area contributed by atoms with Crippen molar-refractivity contribution in [3.63, 3.8) is 0 Å². The van der Waals surface area contributed by atoms with E-state index < -0.39 is 0 Å². The molecule has 1 aromatic heterocycles. The Hall–Kier alpha value is -1.38. The van der Waals surface area contributed by atoms with Crippen LogP contribution in [0.5, 0.6) is 0 Å². The van der Waals surface area contributed by atoms with Crippen molar-refractivity contribution in [3.05, 3.63) is 24.8 Å². The molecule has 0 aromatic carbocycles. The third-order valence-corrected chi connectivity index (χ3v) is 1.37. The molecule has 0 aliphatic carbocycles. The van der Waals surface area contributed by atoms with Crippen LogP contribution in [0.4, 0.5) is 0 Å². The van der Waals surface area contributed by atoms with Crippen LogP contribution < -0.4 is 0 Å². The van der Waals surface area contributed by atoms with Crippen molar-refractivity contribution in [2.24, 2.45) is 0 Å².